The van der Waals surface area contributed by atoms with Gasteiger partial charge in [-0.3, -0.25) is 4.98 Å². The number of rotatable bonds is 5. The maximum Gasteiger partial charge on any atom is 0.130 e. The molecule has 24 heavy (non-hydrogen) atoms. The summed E-state index contributed by atoms with van der Waals surface area (Å²) in [5, 5.41) is 0.897. The van der Waals surface area contributed by atoms with Crippen molar-refractivity contribution in [2.45, 2.75) is 11.5 Å². The minimum atomic E-state index is -2.73. The average molecular weight is 342 g/mol. The van der Waals surface area contributed by atoms with Crippen molar-refractivity contribution < 1.29 is 13.7 Å². The zero-order valence-electron chi connectivity index (χ0n) is 13.5. The van der Waals surface area contributed by atoms with Gasteiger partial charge in [-0.05, 0) is 35.9 Å². The molecule has 3 rings (SSSR count). The summed E-state index contributed by atoms with van der Waals surface area (Å²) >= 11 is 0. The maximum atomic E-state index is 11.9. The van der Waals surface area contributed by atoms with Crippen LogP contribution >= 0.6 is 0 Å². The SMILES string of the molecule is COc1ccc2c(OCc3cccc([S@](C)(=N)=O)c3)ccnc2c1. The molecule has 1 atom stereocenters. The van der Waals surface area contributed by atoms with E-state index in [9.17, 15) is 4.21 Å². The quantitative estimate of drug-likeness (QED) is 0.764. The van der Waals surface area contributed by atoms with Crippen molar-refractivity contribution in [2.24, 2.45) is 0 Å². The normalized spacial score (nSPS) is 13.4. The van der Waals surface area contributed by atoms with E-state index in [1.165, 1.54) is 6.26 Å². The van der Waals surface area contributed by atoms with Crippen LogP contribution in [0.25, 0.3) is 10.9 Å². The van der Waals surface area contributed by atoms with E-state index in [0.717, 1.165) is 28.0 Å². The molecule has 5 nitrogen and oxygen atoms in total. The van der Waals surface area contributed by atoms with E-state index < -0.39 is 9.73 Å². The molecule has 3 aromatic rings. The molecule has 0 saturated carbocycles. The van der Waals surface area contributed by atoms with Gasteiger partial charge in [-0.15, -0.1) is 0 Å². The minimum absolute atomic E-state index is 0.328. The van der Waals surface area contributed by atoms with Gasteiger partial charge in [0.15, 0.2) is 0 Å². The lowest BCUT2D eigenvalue weighted by Crippen LogP contribution is -2.00. The summed E-state index contributed by atoms with van der Waals surface area (Å²) in [7, 11) is -1.11. The van der Waals surface area contributed by atoms with Gasteiger partial charge in [0.25, 0.3) is 0 Å². The fraction of sp³-hybridized carbons (Fsp3) is 0.167. The Kier molecular flexibility index (Phi) is 4.40. The molecule has 2 aromatic carbocycles. The van der Waals surface area contributed by atoms with E-state index in [1.54, 1.807) is 31.5 Å². The van der Waals surface area contributed by atoms with Crippen molar-refractivity contribution in [1.29, 1.82) is 4.78 Å². The van der Waals surface area contributed by atoms with Gasteiger partial charge < -0.3 is 9.47 Å². The molecule has 0 bridgehead atoms. The van der Waals surface area contributed by atoms with Gasteiger partial charge in [0.05, 0.1) is 22.4 Å². The van der Waals surface area contributed by atoms with Crippen LogP contribution in [0.5, 0.6) is 11.5 Å². The van der Waals surface area contributed by atoms with Gasteiger partial charge in [-0.1, -0.05) is 12.1 Å². The fourth-order valence-corrected chi connectivity index (χ4v) is 3.11. The highest BCUT2D eigenvalue weighted by molar-refractivity contribution is 7.91. The predicted molar refractivity (Wildman–Crippen MR) is 94.1 cm³/mol. The lowest BCUT2D eigenvalue weighted by Gasteiger charge is -2.11. The molecule has 0 saturated heterocycles. The van der Waals surface area contributed by atoms with E-state index in [-0.39, 0.29) is 0 Å². The monoisotopic (exact) mass is 342 g/mol. The molecule has 0 aliphatic carbocycles. The zero-order valence-corrected chi connectivity index (χ0v) is 14.3. The lowest BCUT2D eigenvalue weighted by molar-refractivity contribution is 0.309. The molecule has 0 radical (unpaired) electrons. The number of aromatic nitrogens is 1. The van der Waals surface area contributed by atoms with Crippen LogP contribution in [0.15, 0.2) is 59.6 Å². The highest BCUT2D eigenvalue weighted by Crippen LogP contribution is 2.27. The Morgan fingerprint density at radius 3 is 2.75 bits per heavy atom. The molecule has 0 aliphatic rings. The third-order valence-electron chi connectivity index (χ3n) is 3.65. The number of methoxy groups -OCH3 is 1. The Morgan fingerprint density at radius 2 is 2.00 bits per heavy atom. The number of hydrogen-bond acceptors (Lipinski definition) is 5. The van der Waals surface area contributed by atoms with E-state index >= 15 is 0 Å². The zero-order chi connectivity index (χ0) is 17.2. The number of pyridine rings is 1. The number of hydrogen-bond donors (Lipinski definition) is 1. The summed E-state index contributed by atoms with van der Waals surface area (Å²) in [6.07, 6.45) is 3.10. The smallest absolute Gasteiger partial charge is 0.130 e. The van der Waals surface area contributed by atoms with E-state index in [4.69, 9.17) is 14.3 Å². The lowest BCUT2D eigenvalue weighted by atomic mass is 10.2. The topological polar surface area (TPSA) is 72.3 Å². The fourth-order valence-electron chi connectivity index (χ4n) is 2.39. The molecule has 6 heteroatoms. The Morgan fingerprint density at radius 1 is 1.17 bits per heavy atom. The standard InChI is InChI=1S/C18H18N2O3S/c1-22-14-6-7-16-17(11-14)20-9-8-18(16)23-12-13-4-3-5-15(10-13)24(2,19)21/h3-11,19H,12H2,1-2H3/t24-/m1/s1. The van der Waals surface area contributed by atoms with Crippen LogP contribution in [0.2, 0.25) is 0 Å². The Hall–Kier alpha value is -2.60. The first-order chi connectivity index (χ1) is 11.5. The molecule has 0 amide bonds. The Labute approximate surface area is 141 Å². The highest BCUT2D eigenvalue weighted by atomic mass is 32.2. The van der Waals surface area contributed by atoms with Crippen molar-refractivity contribution in [1.82, 2.24) is 4.98 Å². The van der Waals surface area contributed by atoms with Gasteiger partial charge in [0, 0.05) is 28.8 Å². The average Bonchev–Trinajstić information content (AvgIpc) is 2.59. The summed E-state index contributed by atoms with van der Waals surface area (Å²) in [4.78, 5) is 4.84. The molecule has 0 spiro atoms. The summed E-state index contributed by atoms with van der Waals surface area (Å²) in [6, 6.07) is 14.6. The molecule has 1 heterocycles. The van der Waals surface area contributed by atoms with Crippen molar-refractivity contribution in [3.63, 3.8) is 0 Å². The molecular weight excluding hydrogens is 324 g/mol. The van der Waals surface area contributed by atoms with Gasteiger partial charge in [-0.25, -0.2) is 8.99 Å². The second kappa shape index (κ2) is 6.49. The van der Waals surface area contributed by atoms with Crippen molar-refractivity contribution in [3.05, 3.63) is 60.3 Å². The second-order valence-electron chi connectivity index (χ2n) is 5.47. The van der Waals surface area contributed by atoms with Gasteiger partial charge >= 0.3 is 0 Å². The summed E-state index contributed by atoms with van der Waals surface area (Å²) in [5.41, 5.74) is 1.66. The third-order valence-corrected chi connectivity index (χ3v) is 4.81. The summed E-state index contributed by atoms with van der Waals surface area (Å²) in [5.74, 6) is 1.46. The van der Waals surface area contributed by atoms with Crippen LogP contribution < -0.4 is 9.47 Å². The molecule has 1 N–H and O–H groups in total. The second-order valence-corrected chi connectivity index (χ2v) is 7.63. The molecule has 1 aromatic heterocycles. The first-order valence-electron chi connectivity index (χ1n) is 7.36. The number of fused-ring (bicyclic) bond motifs is 1. The van der Waals surface area contributed by atoms with Gasteiger partial charge in [-0.2, -0.15) is 0 Å². The molecule has 0 fully saturated rings. The number of nitrogens with zero attached hydrogens (tertiary/aromatic N) is 1. The Balaban J connectivity index is 1.86. The molecule has 0 aliphatic heterocycles. The van der Waals surface area contributed by atoms with E-state index in [2.05, 4.69) is 4.98 Å². The number of benzene rings is 2. The Bertz CT molecular complexity index is 984. The largest absolute Gasteiger partial charge is 0.497 e. The van der Waals surface area contributed by atoms with Crippen LogP contribution in [-0.4, -0.2) is 22.6 Å². The van der Waals surface area contributed by atoms with E-state index in [1.807, 2.05) is 30.3 Å². The third kappa shape index (κ3) is 3.49. The van der Waals surface area contributed by atoms with Crippen molar-refractivity contribution in [2.75, 3.05) is 13.4 Å². The molecule has 0 unspecified atom stereocenters. The first kappa shape index (κ1) is 16.3. The maximum absolute atomic E-state index is 11.9. The molecule has 124 valence electrons. The minimum Gasteiger partial charge on any atom is -0.497 e. The van der Waals surface area contributed by atoms with Crippen LogP contribution in [0.3, 0.4) is 0 Å². The van der Waals surface area contributed by atoms with Crippen LogP contribution in [0.1, 0.15) is 5.56 Å². The summed E-state index contributed by atoms with van der Waals surface area (Å²) in [6.45, 7) is 0.328. The van der Waals surface area contributed by atoms with Crippen LogP contribution in [0, 0.1) is 4.78 Å². The highest BCUT2D eigenvalue weighted by Gasteiger charge is 2.07. The first-order valence-corrected chi connectivity index (χ1v) is 9.32. The predicted octanol–water partition coefficient (Wildman–Crippen LogP) is 3.86. The van der Waals surface area contributed by atoms with Crippen LogP contribution in [0.4, 0.5) is 0 Å². The summed E-state index contributed by atoms with van der Waals surface area (Å²) < 4.78 is 30.7. The van der Waals surface area contributed by atoms with Crippen molar-refractivity contribution in [3.8, 4) is 11.5 Å². The number of ether oxygens (including phenoxy) is 2. The van der Waals surface area contributed by atoms with Crippen LogP contribution in [-0.2, 0) is 16.3 Å². The van der Waals surface area contributed by atoms with Gasteiger partial charge in [0.1, 0.15) is 18.1 Å². The van der Waals surface area contributed by atoms with Crippen molar-refractivity contribution >= 4 is 20.6 Å². The molecular formula is C18H18N2O3S. The van der Waals surface area contributed by atoms with Gasteiger partial charge in [0.2, 0.25) is 0 Å². The number of nitrogens with one attached hydrogen (secondary N) is 1. The van der Waals surface area contributed by atoms with E-state index in [0.29, 0.717) is 11.5 Å².